The molecule has 0 radical (unpaired) electrons. The number of benzene rings is 2. The van der Waals surface area contributed by atoms with Crippen molar-refractivity contribution in [2.45, 2.75) is 40.7 Å². The highest BCUT2D eigenvalue weighted by Gasteiger charge is 2.19. The highest BCUT2D eigenvalue weighted by molar-refractivity contribution is 6.37. The minimum Gasteiger partial charge on any atom is -0.500 e. The summed E-state index contributed by atoms with van der Waals surface area (Å²) < 4.78 is 16.8. The van der Waals surface area contributed by atoms with E-state index in [1.807, 2.05) is 6.07 Å². The fourth-order valence-electron chi connectivity index (χ4n) is 2.83. The van der Waals surface area contributed by atoms with Crippen molar-refractivity contribution in [1.29, 1.82) is 0 Å². The van der Waals surface area contributed by atoms with Crippen molar-refractivity contribution in [1.82, 2.24) is 0 Å². The van der Waals surface area contributed by atoms with E-state index in [0.717, 1.165) is 6.42 Å². The Morgan fingerprint density at radius 3 is 2.23 bits per heavy atom. The first-order valence-electron chi connectivity index (χ1n) is 9.84. The Labute approximate surface area is 193 Å². The molecule has 0 unspecified atom stereocenters. The zero-order valence-electron chi connectivity index (χ0n) is 18.4. The number of carboxylic acid groups (broad SMARTS) is 1. The molecule has 0 atom stereocenters. The number of halogens is 2. The van der Waals surface area contributed by atoms with E-state index >= 15 is 0 Å². The Balaban J connectivity index is 2.20. The van der Waals surface area contributed by atoms with Crippen molar-refractivity contribution in [2.24, 2.45) is 5.41 Å². The number of rotatable bonds is 9. The second kappa shape index (κ2) is 10.8. The molecule has 0 aliphatic heterocycles. The molecule has 0 spiro atoms. The fraction of sp³-hybridized carbons (Fsp3) is 0.375. The molecule has 0 aromatic heterocycles. The van der Waals surface area contributed by atoms with Crippen molar-refractivity contribution < 1.29 is 24.1 Å². The van der Waals surface area contributed by atoms with Gasteiger partial charge in [0.15, 0.2) is 5.75 Å². The SMILES string of the molecule is COC(C)=C(C(=O)O)c1ccccc1COc1cc(Cl)c(OCCC(C)(C)C)c(Cl)c1. The van der Waals surface area contributed by atoms with Gasteiger partial charge in [-0.3, -0.25) is 0 Å². The second-order valence-electron chi connectivity index (χ2n) is 8.26. The lowest BCUT2D eigenvalue weighted by atomic mass is 9.93. The molecule has 0 amide bonds. The van der Waals surface area contributed by atoms with Gasteiger partial charge < -0.3 is 19.3 Å². The van der Waals surface area contributed by atoms with Gasteiger partial charge in [0.1, 0.15) is 23.7 Å². The summed E-state index contributed by atoms with van der Waals surface area (Å²) >= 11 is 12.7. The summed E-state index contributed by atoms with van der Waals surface area (Å²) in [6, 6.07) is 10.4. The number of carbonyl (C=O) groups is 1. The van der Waals surface area contributed by atoms with Crippen LogP contribution in [0, 0.1) is 5.41 Å². The Morgan fingerprint density at radius 1 is 1.06 bits per heavy atom. The Kier molecular flexibility index (Phi) is 8.66. The van der Waals surface area contributed by atoms with Gasteiger partial charge >= 0.3 is 5.97 Å². The molecule has 0 heterocycles. The fourth-order valence-corrected chi connectivity index (χ4v) is 3.40. The second-order valence-corrected chi connectivity index (χ2v) is 9.08. The molecule has 0 saturated heterocycles. The third kappa shape index (κ3) is 7.08. The molecule has 0 bridgehead atoms. The van der Waals surface area contributed by atoms with E-state index in [4.69, 9.17) is 37.4 Å². The standard InChI is InChI=1S/C24H28Cl2O5/c1-15(29-5)21(23(27)28)18-9-7-6-8-16(18)14-31-17-12-19(25)22(20(26)13-17)30-11-10-24(2,3)4/h6-9,12-13H,10-11,14H2,1-5H3,(H,27,28). The minimum absolute atomic E-state index is 0.0837. The first-order valence-corrected chi connectivity index (χ1v) is 10.6. The number of allylic oxidation sites excluding steroid dienone is 1. The molecular weight excluding hydrogens is 439 g/mol. The monoisotopic (exact) mass is 466 g/mol. The van der Waals surface area contributed by atoms with Gasteiger partial charge in [-0.1, -0.05) is 68.2 Å². The maximum atomic E-state index is 11.8. The van der Waals surface area contributed by atoms with Crippen LogP contribution in [-0.4, -0.2) is 24.8 Å². The van der Waals surface area contributed by atoms with Crippen molar-refractivity contribution in [2.75, 3.05) is 13.7 Å². The molecule has 7 heteroatoms. The maximum absolute atomic E-state index is 11.8. The van der Waals surface area contributed by atoms with Crippen LogP contribution in [0.4, 0.5) is 0 Å². The molecule has 1 N–H and O–H groups in total. The molecule has 168 valence electrons. The van der Waals surface area contributed by atoms with Gasteiger partial charge in [0.05, 0.1) is 23.8 Å². The largest absolute Gasteiger partial charge is 0.500 e. The van der Waals surface area contributed by atoms with Gasteiger partial charge in [0, 0.05) is 12.1 Å². The number of methoxy groups -OCH3 is 1. The van der Waals surface area contributed by atoms with Gasteiger partial charge in [-0.15, -0.1) is 0 Å². The number of ether oxygens (including phenoxy) is 3. The Hall–Kier alpha value is -2.37. The van der Waals surface area contributed by atoms with Crippen molar-refractivity contribution in [3.05, 3.63) is 63.3 Å². The smallest absolute Gasteiger partial charge is 0.339 e. The topological polar surface area (TPSA) is 65.0 Å². The predicted octanol–water partition coefficient (Wildman–Crippen LogP) is 6.85. The van der Waals surface area contributed by atoms with Crippen molar-refractivity contribution in [3.8, 4) is 11.5 Å². The highest BCUT2D eigenvalue weighted by atomic mass is 35.5. The maximum Gasteiger partial charge on any atom is 0.339 e. The minimum atomic E-state index is -1.07. The van der Waals surface area contributed by atoms with Crippen LogP contribution in [0.2, 0.25) is 10.0 Å². The molecule has 0 aliphatic rings. The van der Waals surface area contributed by atoms with Gasteiger partial charge in [-0.25, -0.2) is 4.79 Å². The van der Waals surface area contributed by atoms with Gasteiger partial charge in [-0.05, 0) is 29.9 Å². The number of hydrogen-bond donors (Lipinski definition) is 1. The van der Waals surface area contributed by atoms with Gasteiger partial charge in [-0.2, -0.15) is 0 Å². The summed E-state index contributed by atoms with van der Waals surface area (Å²) in [6.07, 6.45) is 0.856. The van der Waals surface area contributed by atoms with Gasteiger partial charge in [0.2, 0.25) is 0 Å². The molecule has 2 rings (SSSR count). The summed E-state index contributed by atoms with van der Waals surface area (Å²) in [5.41, 5.74) is 1.43. The lowest BCUT2D eigenvalue weighted by Crippen LogP contribution is -2.11. The lowest BCUT2D eigenvalue weighted by molar-refractivity contribution is -0.130. The van der Waals surface area contributed by atoms with E-state index in [9.17, 15) is 9.90 Å². The zero-order chi connectivity index (χ0) is 23.2. The van der Waals surface area contributed by atoms with E-state index in [1.54, 1.807) is 37.3 Å². The molecular formula is C24H28Cl2O5. The van der Waals surface area contributed by atoms with Crippen molar-refractivity contribution >= 4 is 34.7 Å². The van der Waals surface area contributed by atoms with Crippen LogP contribution in [0.5, 0.6) is 11.5 Å². The van der Waals surface area contributed by atoms with Crippen LogP contribution in [0.3, 0.4) is 0 Å². The van der Waals surface area contributed by atoms with E-state index in [-0.39, 0.29) is 17.6 Å². The van der Waals surface area contributed by atoms with Crippen LogP contribution in [0.25, 0.3) is 5.57 Å². The molecule has 5 nitrogen and oxygen atoms in total. The number of hydrogen-bond acceptors (Lipinski definition) is 4. The number of carboxylic acids is 1. The summed E-state index contributed by atoms with van der Waals surface area (Å²) in [4.78, 5) is 11.8. The van der Waals surface area contributed by atoms with Crippen molar-refractivity contribution in [3.63, 3.8) is 0 Å². The molecule has 0 aliphatic carbocycles. The third-order valence-corrected chi connectivity index (χ3v) is 5.18. The molecule has 0 saturated carbocycles. The van der Waals surface area contributed by atoms with E-state index in [1.165, 1.54) is 7.11 Å². The number of aliphatic carboxylic acids is 1. The zero-order valence-corrected chi connectivity index (χ0v) is 19.9. The predicted molar refractivity (Wildman–Crippen MR) is 124 cm³/mol. The summed E-state index contributed by atoms with van der Waals surface area (Å²) in [5, 5.41) is 10.3. The Bertz CT molecular complexity index is 938. The summed E-state index contributed by atoms with van der Waals surface area (Å²) in [6.45, 7) is 8.63. The quantitative estimate of drug-likeness (QED) is 0.323. The van der Waals surface area contributed by atoms with Crippen LogP contribution >= 0.6 is 23.2 Å². The average molecular weight is 467 g/mol. The van der Waals surface area contributed by atoms with E-state index < -0.39 is 5.97 Å². The Morgan fingerprint density at radius 2 is 1.68 bits per heavy atom. The summed E-state index contributed by atoms with van der Waals surface area (Å²) in [5.74, 6) is 0.113. The van der Waals surface area contributed by atoms with E-state index in [0.29, 0.717) is 45.0 Å². The molecule has 2 aromatic carbocycles. The average Bonchev–Trinajstić information content (AvgIpc) is 2.68. The molecule has 2 aromatic rings. The van der Waals surface area contributed by atoms with Crippen LogP contribution in [0.1, 0.15) is 45.2 Å². The van der Waals surface area contributed by atoms with Crippen LogP contribution in [0.15, 0.2) is 42.2 Å². The molecule has 31 heavy (non-hydrogen) atoms. The van der Waals surface area contributed by atoms with E-state index in [2.05, 4.69) is 20.8 Å². The normalized spacial score (nSPS) is 12.2. The lowest BCUT2D eigenvalue weighted by Gasteiger charge is -2.19. The van der Waals surface area contributed by atoms with Crippen LogP contribution in [-0.2, 0) is 16.1 Å². The highest BCUT2D eigenvalue weighted by Crippen LogP contribution is 2.38. The van der Waals surface area contributed by atoms with Gasteiger partial charge in [0.25, 0.3) is 0 Å². The first kappa shape index (κ1) is 24.9. The van der Waals surface area contributed by atoms with Crippen LogP contribution < -0.4 is 9.47 Å². The first-order chi connectivity index (χ1) is 14.5. The molecule has 0 fully saturated rings. The summed E-state index contributed by atoms with van der Waals surface area (Å²) in [7, 11) is 1.44. The third-order valence-electron chi connectivity index (χ3n) is 4.62.